The van der Waals surface area contributed by atoms with Crippen LogP contribution < -0.4 is 5.32 Å². The van der Waals surface area contributed by atoms with E-state index in [1.54, 1.807) is 0 Å². The van der Waals surface area contributed by atoms with Gasteiger partial charge in [-0.3, -0.25) is 4.79 Å². The second kappa shape index (κ2) is 7.52. The van der Waals surface area contributed by atoms with Crippen LogP contribution in [0.4, 0.5) is 0 Å². The average Bonchev–Trinajstić information content (AvgIpc) is 2.36. The minimum absolute atomic E-state index is 0.0147. The topological polar surface area (TPSA) is 99.0 Å². The number of phenolic OH excluding ortho intramolecular Hbond substituents is 2. The van der Waals surface area contributed by atoms with Crippen LogP contribution in [0.2, 0.25) is 0 Å². The van der Waals surface area contributed by atoms with Crippen molar-refractivity contribution in [2.75, 3.05) is 26.4 Å². The number of aliphatic hydroxyl groups excluding tert-OH is 1. The Hall–Kier alpha value is -1.79. The van der Waals surface area contributed by atoms with Crippen molar-refractivity contribution in [3.63, 3.8) is 0 Å². The molecule has 0 aliphatic carbocycles. The molecule has 0 aliphatic heterocycles. The van der Waals surface area contributed by atoms with Gasteiger partial charge < -0.3 is 25.4 Å². The highest BCUT2D eigenvalue weighted by molar-refractivity contribution is 5.94. The molecule has 0 saturated heterocycles. The molecule has 18 heavy (non-hydrogen) atoms. The number of nitrogens with one attached hydrogen (secondary N) is 1. The summed E-state index contributed by atoms with van der Waals surface area (Å²) in [7, 11) is 0. The number of aromatic hydroxyl groups is 2. The van der Waals surface area contributed by atoms with Gasteiger partial charge in [0.1, 0.15) is 0 Å². The van der Waals surface area contributed by atoms with Crippen LogP contribution in [0.15, 0.2) is 18.2 Å². The summed E-state index contributed by atoms with van der Waals surface area (Å²) in [5, 5.41) is 29.5. The quantitative estimate of drug-likeness (QED) is 0.413. The summed E-state index contributed by atoms with van der Waals surface area (Å²) in [5.74, 6) is -0.912. The third-order valence-electron chi connectivity index (χ3n) is 2.22. The van der Waals surface area contributed by atoms with E-state index in [1.807, 2.05) is 0 Å². The summed E-state index contributed by atoms with van der Waals surface area (Å²) in [6.07, 6.45) is 0.635. The molecule has 1 rings (SSSR count). The molecule has 0 fully saturated rings. The zero-order valence-electron chi connectivity index (χ0n) is 9.93. The molecule has 6 nitrogen and oxygen atoms in total. The lowest BCUT2D eigenvalue weighted by Crippen LogP contribution is -2.25. The molecule has 0 bridgehead atoms. The molecule has 1 aromatic carbocycles. The van der Waals surface area contributed by atoms with E-state index in [2.05, 4.69) is 5.32 Å². The lowest BCUT2D eigenvalue weighted by Gasteiger charge is -2.06. The largest absolute Gasteiger partial charge is 0.504 e. The van der Waals surface area contributed by atoms with Gasteiger partial charge in [-0.05, 0) is 24.6 Å². The van der Waals surface area contributed by atoms with E-state index in [0.29, 0.717) is 26.2 Å². The molecule has 6 heteroatoms. The van der Waals surface area contributed by atoms with Gasteiger partial charge in [0.05, 0.1) is 13.2 Å². The lowest BCUT2D eigenvalue weighted by molar-refractivity contribution is 0.0867. The highest BCUT2D eigenvalue weighted by Gasteiger charge is 2.07. The number of carbonyl (C=O) groups is 1. The van der Waals surface area contributed by atoms with Crippen LogP contribution in [-0.2, 0) is 4.74 Å². The van der Waals surface area contributed by atoms with Gasteiger partial charge in [0, 0.05) is 18.7 Å². The molecule has 0 unspecified atom stereocenters. The Bertz CT molecular complexity index is 394. The van der Waals surface area contributed by atoms with Crippen molar-refractivity contribution < 1.29 is 24.9 Å². The second-order valence-electron chi connectivity index (χ2n) is 3.65. The van der Waals surface area contributed by atoms with E-state index in [4.69, 9.17) is 14.9 Å². The Morgan fingerprint density at radius 3 is 2.67 bits per heavy atom. The Morgan fingerprint density at radius 2 is 2.00 bits per heavy atom. The fourth-order valence-electron chi connectivity index (χ4n) is 1.31. The number of benzene rings is 1. The number of ether oxygens (including phenoxy) is 1. The van der Waals surface area contributed by atoms with Gasteiger partial charge in [0.25, 0.3) is 5.91 Å². The number of amides is 1. The molecule has 0 aliphatic rings. The van der Waals surface area contributed by atoms with Crippen molar-refractivity contribution in [2.24, 2.45) is 0 Å². The van der Waals surface area contributed by atoms with Gasteiger partial charge in [-0.15, -0.1) is 0 Å². The summed E-state index contributed by atoms with van der Waals surface area (Å²) >= 11 is 0. The van der Waals surface area contributed by atoms with Crippen molar-refractivity contribution in [3.05, 3.63) is 23.8 Å². The summed E-state index contributed by atoms with van der Waals surface area (Å²) in [6, 6.07) is 3.88. The SMILES string of the molecule is O=C(NCCCOCCO)c1ccc(O)c(O)c1. The number of phenols is 2. The predicted molar refractivity (Wildman–Crippen MR) is 64.6 cm³/mol. The highest BCUT2D eigenvalue weighted by Crippen LogP contribution is 2.24. The van der Waals surface area contributed by atoms with Gasteiger partial charge in [-0.1, -0.05) is 0 Å². The highest BCUT2D eigenvalue weighted by atomic mass is 16.5. The van der Waals surface area contributed by atoms with Crippen LogP contribution in [0.3, 0.4) is 0 Å². The van der Waals surface area contributed by atoms with Gasteiger partial charge in [-0.2, -0.15) is 0 Å². The van der Waals surface area contributed by atoms with Crippen LogP contribution in [-0.4, -0.2) is 47.6 Å². The molecule has 1 aromatic rings. The average molecular weight is 255 g/mol. The number of hydrogen-bond donors (Lipinski definition) is 4. The molecule has 0 spiro atoms. The van der Waals surface area contributed by atoms with Gasteiger partial charge in [-0.25, -0.2) is 0 Å². The van der Waals surface area contributed by atoms with Crippen LogP contribution in [0.25, 0.3) is 0 Å². The van der Waals surface area contributed by atoms with Crippen LogP contribution in [0, 0.1) is 0 Å². The first kappa shape index (κ1) is 14.3. The molecule has 0 heterocycles. The van der Waals surface area contributed by atoms with Gasteiger partial charge in [0.2, 0.25) is 0 Å². The van der Waals surface area contributed by atoms with Crippen LogP contribution >= 0.6 is 0 Å². The number of rotatable bonds is 7. The minimum Gasteiger partial charge on any atom is -0.504 e. The molecule has 0 aromatic heterocycles. The summed E-state index contributed by atoms with van der Waals surface area (Å²) in [5.41, 5.74) is 0.279. The zero-order valence-corrected chi connectivity index (χ0v) is 9.93. The number of hydrogen-bond acceptors (Lipinski definition) is 5. The fraction of sp³-hybridized carbons (Fsp3) is 0.417. The molecule has 100 valence electrons. The third kappa shape index (κ3) is 4.60. The van der Waals surface area contributed by atoms with Crippen LogP contribution in [0.5, 0.6) is 11.5 Å². The Labute approximate surface area is 105 Å². The maximum atomic E-state index is 11.6. The fourth-order valence-corrected chi connectivity index (χ4v) is 1.31. The maximum absolute atomic E-state index is 11.6. The smallest absolute Gasteiger partial charge is 0.251 e. The molecular weight excluding hydrogens is 238 g/mol. The van der Waals surface area contributed by atoms with E-state index < -0.39 is 0 Å². The monoisotopic (exact) mass is 255 g/mol. The molecular formula is C12H17NO5. The van der Waals surface area contributed by atoms with E-state index >= 15 is 0 Å². The Kier molecular flexibility index (Phi) is 5.96. The molecule has 1 amide bonds. The van der Waals surface area contributed by atoms with Crippen molar-refractivity contribution in [3.8, 4) is 11.5 Å². The van der Waals surface area contributed by atoms with E-state index in [9.17, 15) is 9.90 Å². The van der Waals surface area contributed by atoms with E-state index in [-0.39, 0.29) is 29.6 Å². The van der Waals surface area contributed by atoms with Gasteiger partial charge in [0.15, 0.2) is 11.5 Å². The standard InChI is InChI=1S/C12H17NO5/c14-5-7-18-6-1-4-13-12(17)9-2-3-10(15)11(16)8-9/h2-3,8,14-16H,1,4-7H2,(H,13,17). The summed E-state index contributed by atoms with van der Waals surface area (Å²) in [4.78, 5) is 11.6. The van der Waals surface area contributed by atoms with Crippen molar-refractivity contribution in [1.82, 2.24) is 5.32 Å². The second-order valence-corrected chi connectivity index (χ2v) is 3.65. The summed E-state index contributed by atoms with van der Waals surface area (Å²) in [6.45, 7) is 1.17. The lowest BCUT2D eigenvalue weighted by atomic mass is 10.2. The third-order valence-corrected chi connectivity index (χ3v) is 2.22. The van der Waals surface area contributed by atoms with Gasteiger partial charge >= 0.3 is 0 Å². The zero-order chi connectivity index (χ0) is 13.4. The first-order valence-electron chi connectivity index (χ1n) is 5.64. The Balaban J connectivity index is 2.30. The first-order chi connectivity index (χ1) is 8.65. The number of carbonyl (C=O) groups excluding carboxylic acids is 1. The van der Waals surface area contributed by atoms with Crippen molar-refractivity contribution >= 4 is 5.91 Å². The molecule has 0 radical (unpaired) electrons. The molecule has 0 saturated carbocycles. The first-order valence-corrected chi connectivity index (χ1v) is 5.64. The summed E-state index contributed by atoms with van der Waals surface area (Å²) < 4.78 is 5.03. The van der Waals surface area contributed by atoms with Crippen molar-refractivity contribution in [2.45, 2.75) is 6.42 Å². The minimum atomic E-state index is -0.326. The van der Waals surface area contributed by atoms with E-state index in [1.165, 1.54) is 18.2 Å². The predicted octanol–water partition coefficient (Wildman–Crippen LogP) is 0.227. The molecule has 4 N–H and O–H groups in total. The maximum Gasteiger partial charge on any atom is 0.251 e. The van der Waals surface area contributed by atoms with Crippen LogP contribution in [0.1, 0.15) is 16.8 Å². The van der Waals surface area contributed by atoms with E-state index in [0.717, 1.165) is 0 Å². The number of aliphatic hydroxyl groups is 1. The van der Waals surface area contributed by atoms with Crippen molar-refractivity contribution in [1.29, 1.82) is 0 Å². The Morgan fingerprint density at radius 1 is 1.22 bits per heavy atom. The normalized spacial score (nSPS) is 10.3. The molecule has 0 atom stereocenters.